The van der Waals surface area contributed by atoms with Crippen LogP contribution in [0.25, 0.3) is 16.7 Å². The van der Waals surface area contributed by atoms with E-state index in [1.807, 2.05) is 30.0 Å². The van der Waals surface area contributed by atoms with Crippen LogP contribution < -0.4 is 19.7 Å². The second-order valence-electron chi connectivity index (χ2n) is 10.9. The second kappa shape index (κ2) is 11.8. The lowest BCUT2D eigenvalue weighted by Gasteiger charge is -2.39. The third kappa shape index (κ3) is 5.77. The van der Waals surface area contributed by atoms with Crippen molar-refractivity contribution in [1.29, 1.82) is 0 Å². The van der Waals surface area contributed by atoms with Gasteiger partial charge in [0, 0.05) is 56.7 Å². The van der Waals surface area contributed by atoms with E-state index < -0.39 is 5.82 Å². The molecule has 2 bridgehead atoms. The first-order valence-electron chi connectivity index (χ1n) is 14.2. The summed E-state index contributed by atoms with van der Waals surface area (Å²) in [6, 6.07) is 7.62. The van der Waals surface area contributed by atoms with E-state index in [-0.39, 0.29) is 28.4 Å². The Morgan fingerprint density at radius 2 is 2.09 bits per heavy atom. The number of fused-ring (bicyclic) bond motifs is 6. The summed E-state index contributed by atoms with van der Waals surface area (Å²) in [6.45, 7) is 2.67. The SMILES string of the molecule is CN(C)C/C=C/C(=O)N1CCN2C[C@@H]1COc1cc3ncnc(Nc4cc(Cl)c(Oc5ccn6ncnc6c5)cc4F)c3nc12. The number of pyridine rings is 2. The number of rotatable bonds is 7. The number of ether oxygens (including phenoxy) is 2. The van der Waals surface area contributed by atoms with Crippen LogP contribution in [0, 0.1) is 5.82 Å². The van der Waals surface area contributed by atoms with Crippen molar-refractivity contribution >= 4 is 51.5 Å². The summed E-state index contributed by atoms with van der Waals surface area (Å²) >= 11 is 6.51. The standard InChI is InChI=1S/C30H28ClFN10O3/c1-39(2)6-3-4-27(43)41-9-8-40-14-18(41)15-44-25-13-23-28(38-30(25)40)29(35-16-33-23)37-22-11-20(31)24(12-21(22)32)45-19-5-7-42-26(10-19)34-17-36-42/h3-5,7,10-13,16-18H,6,8-9,14-15H2,1-2H3,(H,33,35,37)/b4-3+/t18-/m1/s1. The number of nitrogens with one attached hydrogen (secondary N) is 1. The van der Waals surface area contributed by atoms with Gasteiger partial charge in [-0.15, -0.1) is 0 Å². The van der Waals surface area contributed by atoms with Gasteiger partial charge in [-0.1, -0.05) is 17.7 Å². The lowest BCUT2D eigenvalue weighted by Crippen LogP contribution is -2.56. The summed E-state index contributed by atoms with van der Waals surface area (Å²) in [4.78, 5) is 36.6. The van der Waals surface area contributed by atoms with Gasteiger partial charge in [0.1, 0.15) is 42.1 Å². The Kier molecular flexibility index (Phi) is 7.51. The molecule has 1 N–H and O–H groups in total. The quantitative estimate of drug-likeness (QED) is 0.263. The minimum atomic E-state index is -0.605. The van der Waals surface area contributed by atoms with Crippen molar-refractivity contribution in [2.45, 2.75) is 6.04 Å². The first kappa shape index (κ1) is 28.7. The molecule has 7 rings (SSSR count). The van der Waals surface area contributed by atoms with Gasteiger partial charge in [-0.25, -0.2) is 28.8 Å². The molecule has 0 spiro atoms. The number of halogens is 2. The monoisotopic (exact) mass is 630 g/mol. The average molecular weight is 631 g/mol. The van der Waals surface area contributed by atoms with Crippen LogP contribution in [0.5, 0.6) is 17.2 Å². The van der Waals surface area contributed by atoms with Gasteiger partial charge in [-0.05, 0) is 26.2 Å². The van der Waals surface area contributed by atoms with Gasteiger partial charge in [0.15, 0.2) is 23.0 Å². The highest BCUT2D eigenvalue weighted by atomic mass is 35.5. The first-order valence-corrected chi connectivity index (χ1v) is 14.6. The van der Waals surface area contributed by atoms with Crippen LogP contribution in [-0.2, 0) is 4.79 Å². The van der Waals surface area contributed by atoms with Gasteiger partial charge >= 0.3 is 0 Å². The summed E-state index contributed by atoms with van der Waals surface area (Å²) < 4.78 is 29.0. The Balaban J connectivity index is 1.12. The van der Waals surface area contributed by atoms with Gasteiger partial charge in [0.25, 0.3) is 0 Å². The highest BCUT2D eigenvalue weighted by Crippen LogP contribution is 2.38. The van der Waals surface area contributed by atoms with E-state index in [0.29, 0.717) is 72.6 Å². The van der Waals surface area contributed by atoms with Crippen molar-refractivity contribution < 1.29 is 18.7 Å². The first-order chi connectivity index (χ1) is 21.8. The molecule has 0 unspecified atom stereocenters. The molecule has 5 aromatic rings. The van der Waals surface area contributed by atoms with Crippen molar-refractivity contribution in [3.63, 3.8) is 0 Å². The maximum atomic E-state index is 15.4. The molecule has 0 radical (unpaired) electrons. The van der Waals surface area contributed by atoms with E-state index in [1.54, 1.807) is 35.0 Å². The van der Waals surface area contributed by atoms with Gasteiger partial charge in [-0.3, -0.25) is 4.79 Å². The van der Waals surface area contributed by atoms with E-state index in [9.17, 15) is 4.79 Å². The number of benzene rings is 1. The second-order valence-corrected chi connectivity index (χ2v) is 11.3. The molecule has 2 aliphatic rings. The summed E-state index contributed by atoms with van der Waals surface area (Å²) in [5.41, 5.74) is 1.61. The molecular formula is C30H28ClFN10O3. The van der Waals surface area contributed by atoms with Gasteiger partial charge < -0.3 is 29.5 Å². The minimum Gasteiger partial charge on any atom is -0.487 e. The molecule has 45 heavy (non-hydrogen) atoms. The zero-order chi connectivity index (χ0) is 31.1. The summed E-state index contributed by atoms with van der Waals surface area (Å²) in [7, 11) is 3.90. The molecule has 1 fully saturated rings. The molecule has 15 heteroatoms. The average Bonchev–Trinajstić information content (AvgIpc) is 3.45. The van der Waals surface area contributed by atoms with Crippen LogP contribution in [0.4, 0.5) is 21.7 Å². The molecule has 1 amide bonds. The molecule has 13 nitrogen and oxygen atoms in total. The Morgan fingerprint density at radius 1 is 1.20 bits per heavy atom. The molecule has 1 saturated heterocycles. The van der Waals surface area contributed by atoms with Crippen LogP contribution in [-0.4, -0.2) is 98.2 Å². The number of carbonyl (C=O) groups excluding carboxylic acids is 1. The topological polar surface area (TPSA) is 126 Å². The predicted octanol–water partition coefficient (Wildman–Crippen LogP) is 3.92. The normalized spacial score (nSPS) is 16.2. The molecule has 1 atom stereocenters. The molecule has 6 heterocycles. The van der Waals surface area contributed by atoms with Crippen LogP contribution in [0.2, 0.25) is 5.02 Å². The number of hydrogen-bond acceptors (Lipinski definition) is 11. The number of hydrogen-bond donors (Lipinski definition) is 1. The summed E-state index contributed by atoms with van der Waals surface area (Å²) in [5, 5.41) is 7.26. The Morgan fingerprint density at radius 3 is 2.96 bits per heavy atom. The smallest absolute Gasteiger partial charge is 0.246 e. The number of nitrogens with zero attached hydrogens (tertiary/aromatic N) is 9. The lowest BCUT2D eigenvalue weighted by molar-refractivity contribution is -0.129. The summed E-state index contributed by atoms with van der Waals surface area (Å²) in [6.07, 6.45) is 7.95. The predicted molar refractivity (Wildman–Crippen MR) is 166 cm³/mol. The van der Waals surface area contributed by atoms with Crippen LogP contribution >= 0.6 is 11.6 Å². The number of aromatic nitrogens is 6. The van der Waals surface area contributed by atoms with E-state index >= 15 is 4.39 Å². The van der Waals surface area contributed by atoms with Crippen LogP contribution in [0.1, 0.15) is 0 Å². The third-order valence-corrected chi connectivity index (χ3v) is 7.83. The minimum absolute atomic E-state index is 0.0416. The van der Waals surface area contributed by atoms with Crippen molar-refractivity contribution in [2.75, 3.05) is 57.1 Å². The number of amides is 1. The largest absolute Gasteiger partial charge is 0.487 e. The Labute approximate surface area is 261 Å². The third-order valence-electron chi connectivity index (χ3n) is 7.54. The highest BCUT2D eigenvalue weighted by Gasteiger charge is 2.35. The number of piperazine rings is 1. The summed E-state index contributed by atoms with van der Waals surface area (Å²) in [5.74, 6) is 1.39. The van der Waals surface area contributed by atoms with E-state index in [2.05, 4.69) is 30.3 Å². The highest BCUT2D eigenvalue weighted by molar-refractivity contribution is 6.32. The van der Waals surface area contributed by atoms with Gasteiger partial charge in [0.2, 0.25) is 5.91 Å². The molecule has 0 saturated carbocycles. The molecule has 2 aliphatic heterocycles. The molecule has 230 valence electrons. The molecule has 0 aliphatic carbocycles. The molecule has 1 aromatic carbocycles. The fraction of sp³-hybridized carbons (Fsp3) is 0.267. The van der Waals surface area contributed by atoms with Crippen LogP contribution in [0.3, 0.4) is 0 Å². The fourth-order valence-electron chi connectivity index (χ4n) is 5.33. The van der Waals surface area contributed by atoms with Gasteiger partial charge in [-0.2, -0.15) is 5.10 Å². The Bertz CT molecular complexity index is 1950. The van der Waals surface area contributed by atoms with E-state index in [0.717, 1.165) is 0 Å². The van der Waals surface area contributed by atoms with Crippen molar-refractivity contribution in [2.24, 2.45) is 0 Å². The number of carbonyl (C=O) groups is 1. The van der Waals surface area contributed by atoms with Crippen LogP contribution in [0.15, 0.2) is 61.3 Å². The van der Waals surface area contributed by atoms with E-state index in [4.69, 9.17) is 26.1 Å². The number of anilines is 3. The molecular weight excluding hydrogens is 603 g/mol. The zero-order valence-corrected chi connectivity index (χ0v) is 25.1. The van der Waals surface area contributed by atoms with Gasteiger partial charge in [0.05, 0.1) is 22.3 Å². The van der Waals surface area contributed by atoms with Crippen molar-refractivity contribution in [3.05, 3.63) is 72.2 Å². The lowest BCUT2D eigenvalue weighted by atomic mass is 10.1. The number of likely N-dealkylation sites (N-methyl/N-ethyl adjacent to an activating group) is 1. The maximum absolute atomic E-state index is 15.4. The van der Waals surface area contributed by atoms with E-state index in [1.165, 1.54) is 24.8 Å². The van der Waals surface area contributed by atoms with Crippen molar-refractivity contribution in [1.82, 2.24) is 39.3 Å². The van der Waals surface area contributed by atoms with Crippen molar-refractivity contribution in [3.8, 4) is 17.2 Å². The zero-order valence-electron chi connectivity index (χ0n) is 24.4. The fourth-order valence-corrected chi connectivity index (χ4v) is 5.53. The molecule has 4 aromatic heterocycles. The maximum Gasteiger partial charge on any atom is 0.246 e. The Hall–Kier alpha value is -5.08.